The number of ether oxygens (including phenoxy) is 13. The summed E-state index contributed by atoms with van der Waals surface area (Å²) in [5.41, 5.74) is 2.04. The molecule has 0 radical (unpaired) electrons. The van der Waals surface area contributed by atoms with Gasteiger partial charge in [-0.1, -0.05) is 121 Å². The fourth-order valence-electron chi connectivity index (χ4n) is 13.1. The quantitative estimate of drug-likeness (QED) is 0.0187. The van der Waals surface area contributed by atoms with Crippen LogP contribution < -0.4 is 16.3 Å². The fraction of sp³-hybridized carbons (Fsp3) is 0.567. The molecule has 1 heterocycles. The van der Waals surface area contributed by atoms with Crippen LogP contribution in [0, 0.1) is 0 Å². The number of nitrogens with zero attached hydrogens (tertiary/aromatic N) is 6. The van der Waals surface area contributed by atoms with Crippen LogP contribution in [0.3, 0.4) is 0 Å². The molecule has 4 aromatic carbocycles. The molecule has 0 bridgehead atoms. The summed E-state index contributed by atoms with van der Waals surface area (Å²) < 4.78 is 71.6. The molecule has 40 heteroatoms. The second-order valence-corrected chi connectivity index (χ2v) is 31.4. The molecule has 0 unspecified atom stereocenters. The fourth-order valence-corrected chi connectivity index (χ4v) is 13.1. The van der Waals surface area contributed by atoms with Crippen molar-refractivity contribution < 1.29 is 148 Å². The van der Waals surface area contributed by atoms with Crippen molar-refractivity contribution in [1.29, 1.82) is 0 Å². The average Bonchev–Trinajstić information content (AvgIpc) is 1.58. The monoisotopic (exact) mass is 1830 g/mol. The molecule has 5 rings (SSSR count). The molecule has 0 aromatic heterocycles. The van der Waals surface area contributed by atoms with Crippen molar-refractivity contribution in [3.63, 3.8) is 0 Å². The lowest BCUT2D eigenvalue weighted by Crippen LogP contribution is -2.62. The van der Waals surface area contributed by atoms with Crippen molar-refractivity contribution in [3.8, 4) is 0 Å². The third-order valence-corrected chi connectivity index (χ3v) is 19.8. The SMILES string of the molecule is CC(=O)OCC(COC(C)=O)(COC(C)=O)NOCCCN(CCCONC(COC(C)=O)(COC(C)=O)COC(C)=O)CCN(CCN(CCC=O)CCC(=O)NC(COC(C)=O)(COC(C)=O)COC(C)=O)OCCCC1(N(CC(=O)OCc2ccccc2)CC(=O)OCc2ccccc2)CN(CC(=O)OCc2ccccc2)CCN(CC(=O)OCc2ccccc2)C1. The number of carbonyl (C=O) groups excluding carboxylic acids is 15. The van der Waals surface area contributed by atoms with E-state index in [1.807, 2.05) is 92.4 Å². The Morgan fingerprint density at radius 1 is 0.362 bits per heavy atom. The maximum absolute atomic E-state index is 14.8. The third kappa shape index (κ3) is 47.3. The molecule has 1 aliphatic heterocycles. The summed E-state index contributed by atoms with van der Waals surface area (Å²) in [5, 5.41) is 4.41. The minimum absolute atomic E-state index is 0.0160. The van der Waals surface area contributed by atoms with Gasteiger partial charge < -0.3 is 91.2 Å². The third-order valence-electron chi connectivity index (χ3n) is 19.8. The maximum atomic E-state index is 14.8. The summed E-state index contributed by atoms with van der Waals surface area (Å²) in [5.74, 6) is -9.86. The molecule has 3 N–H and O–H groups in total. The van der Waals surface area contributed by atoms with E-state index in [0.29, 0.717) is 17.4 Å². The number of hydroxylamine groups is 4. The lowest BCUT2D eigenvalue weighted by molar-refractivity contribution is -0.168. The zero-order valence-electron chi connectivity index (χ0n) is 75.8. The van der Waals surface area contributed by atoms with Gasteiger partial charge in [0.1, 0.15) is 109 Å². The van der Waals surface area contributed by atoms with Gasteiger partial charge in [-0.3, -0.25) is 86.7 Å². The largest absolute Gasteiger partial charge is 0.464 e. The van der Waals surface area contributed by atoms with E-state index in [-0.39, 0.29) is 176 Å². The summed E-state index contributed by atoms with van der Waals surface area (Å²) in [7, 11) is 0. The van der Waals surface area contributed by atoms with Crippen LogP contribution in [0.2, 0.25) is 0 Å². The summed E-state index contributed by atoms with van der Waals surface area (Å²) in [6.45, 7) is 4.50. The molecule has 130 heavy (non-hydrogen) atoms. The zero-order valence-corrected chi connectivity index (χ0v) is 75.8. The number of carbonyl (C=O) groups is 15. The van der Waals surface area contributed by atoms with Crippen LogP contribution in [0.4, 0.5) is 0 Å². The molecule has 0 spiro atoms. The molecular weight excluding hydrogens is 1700 g/mol. The van der Waals surface area contributed by atoms with E-state index >= 15 is 0 Å². The van der Waals surface area contributed by atoms with Gasteiger partial charge >= 0.3 is 77.6 Å². The van der Waals surface area contributed by atoms with E-state index < -0.39 is 178 Å². The Kier molecular flexibility index (Phi) is 50.9. The molecule has 4 aromatic rings. The summed E-state index contributed by atoms with van der Waals surface area (Å²) in [6.07, 6.45) is 0.999. The highest BCUT2D eigenvalue weighted by Gasteiger charge is 2.46. The molecule has 0 atom stereocenters. The number of esters is 13. The van der Waals surface area contributed by atoms with Crippen molar-refractivity contribution in [3.05, 3.63) is 144 Å². The van der Waals surface area contributed by atoms with Crippen molar-refractivity contribution >= 4 is 89.8 Å². The molecule has 0 aliphatic carbocycles. The van der Waals surface area contributed by atoms with Crippen LogP contribution in [-0.2, 0) is 174 Å². The first kappa shape index (κ1) is 109. The van der Waals surface area contributed by atoms with Gasteiger partial charge in [-0.05, 0) is 47.9 Å². The van der Waals surface area contributed by atoms with Gasteiger partial charge in [0.05, 0.1) is 46.0 Å². The molecular formula is C90H127N9O31. The van der Waals surface area contributed by atoms with Crippen molar-refractivity contribution in [2.24, 2.45) is 0 Å². The molecule has 1 amide bonds. The number of rotatable bonds is 65. The zero-order chi connectivity index (χ0) is 95.0. The molecule has 1 fully saturated rings. The first-order valence-electron chi connectivity index (χ1n) is 42.7. The van der Waals surface area contributed by atoms with E-state index in [2.05, 4.69) is 16.3 Å². The summed E-state index contributed by atoms with van der Waals surface area (Å²) in [4.78, 5) is 223. The van der Waals surface area contributed by atoms with E-state index in [4.69, 9.17) is 76.1 Å². The molecule has 1 aliphatic rings. The molecule has 0 saturated carbocycles. The normalized spacial score (nSPS) is 12.9. The highest BCUT2D eigenvalue weighted by Crippen LogP contribution is 2.30. The number of aldehydes is 1. The van der Waals surface area contributed by atoms with Crippen molar-refractivity contribution in [1.82, 2.24) is 45.8 Å². The van der Waals surface area contributed by atoms with Crippen molar-refractivity contribution in [2.45, 2.75) is 149 Å². The van der Waals surface area contributed by atoms with Gasteiger partial charge in [0.15, 0.2) is 0 Å². The summed E-state index contributed by atoms with van der Waals surface area (Å²) in [6, 6.07) is 36.1. The number of benzene rings is 4. The standard InChI is InChI=1S/C90H127N9O31/c1-69(101)119-60-87(61-120-70(2)102,62-121-71(3)103)91-82(110)34-39-95(36-23-46-100)43-45-99(44-42-94(37-24-47-128-92-88(63-122-72(4)104,64-123-73(5)105)65-124-74(6)106)38-25-48-129-93-89(66-125-75(7)107,67-126-76(8)108)68-127-77(9)109)130-49-22-35-90(98(52-85(113)117-56-80-30-18-12-19-31-80)53-86(114)118-57-81-32-20-13-21-33-81)58-96(50-83(111)115-54-78-26-14-10-15-27-78)40-41-97(59-90)51-84(112)116-55-79-28-16-11-17-29-79/h10-21,26-33,46,92-93H,22-25,34-45,47-68H2,1-9H3,(H,91,110). The smallest absolute Gasteiger partial charge is 0.320 e. The van der Waals surface area contributed by atoms with Crippen LogP contribution >= 0.6 is 0 Å². The van der Waals surface area contributed by atoms with Crippen LogP contribution in [0.5, 0.6) is 0 Å². The minimum Gasteiger partial charge on any atom is -0.464 e. The Morgan fingerprint density at radius 2 is 0.669 bits per heavy atom. The highest BCUT2D eigenvalue weighted by atomic mass is 16.7. The Morgan fingerprint density at radius 3 is 0.985 bits per heavy atom. The number of nitrogens with one attached hydrogen (secondary N) is 3. The second-order valence-electron chi connectivity index (χ2n) is 31.4. The molecule has 718 valence electrons. The first-order chi connectivity index (χ1) is 62.2. The average molecular weight is 1830 g/mol. The maximum Gasteiger partial charge on any atom is 0.320 e. The van der Waals surface area contributed by atoms with Crippen LogP contribution in [0.15, 0.2) is 121 Å². The second kappa shape index (κ2) is 60.5. The predicted molar refractivity (Wildman–Crippen MR) is 461 cm³/mol. The van der Waals surface area contributed by atoms with Gasteiger partial charge in [0, 0.05) is 159 Å². The van der Waals surface area contributed by atoms with Gasteiger partial charge in [-0.2, -0.15) is 16.0 Å². The van der Waals surface area contributed by atoms with Crippen LogP contribution in [0.25, 0.3) is 0 Å². The number of hydrogen-bond acceptors (Lipinski definition) is 39. The Balaban J connectivity index is 1.65. The topological polar surface area (TPSA) is 459 Å². The van der Waals surface area contributed by atoms with Gasteiger partial charge in [0.25, 0.3) is 0 Å². The van der Waals surface area contributed by atoms with Crippen LogP contribution in [0.1, 0.15) is 123 Å². The number of hydrogen-bond donors (Lipinski definition) is 3. The van der Waals surface area contributed by atoms with Gasteiger partial charge in [-0.15, -0.1) is 0 Å². The predicted octanol–water partition coefficient (Wildman–Crippen LogP) is 3.44. The van der Waals surface area contributed by atoms with E-state index in [0.717, 1.165) is 73.4 Å². The summed E-state index contributed by atoms with van der Waals surface area (Å²) >= 11 is 0. The molecule has 40 nitrogen and oxygen atoms in total. The van der Waals surface area contributed by atoms with Gasteiger partial charge in [-0.25, -0.2) is 0 Å². The first-order valence-corrected chi connectivity index (χ1v) is 42.7. The highest BCUT2D eigenvalue weighted by molar-refractivity contribution is 5.78. The van der Waals surface area contributed by atoms with Crippen LogP contribution in [-0.4, -0.2) is 326 Å². The van der Waals surface area contributed by atoms with E-state index in [1.165, 1.54) is 0 Å². The van der Waals surface area contributed by atoms with E-state index in [1.54, 1.807) is 58.5 Å². The Labute approximate surface area is 757 Å². The Hall–Kier alpha value is -11.3. The minimum atomic E-state index is -1.75. The number of amides is 1. The van der Waals surface area contributed by atoms with E-state index in [9.17, 15) is 71.9 Å². The Bertz CT molecular complexity index is 3820. The van der Waals surface area contributed by atoms with Crippen molar-refractivity contribution in [2.75, 3.05) is 184 Å². The lowest BCUT2D eigenvalue weighted by Gasteiger charge is -2.46. The molecule has 1 saturated heterocycles. The lowest BCUT2D eigenvalue weighted by atomic mass is 9.89. The van der Waals surface area contributed by atoms with Gasteiger partial charge in [0.2, 0.25) is 5.91 Å².